The molecule has 0 aromatic heterocycles. The van der Waals surface area contributed by atoms with Crippen LogP contribution in [0.5, 0.6) is 0 Å². The molecule has 0 bridgehead atoms. The molecule has 0 saturated heterocycles. The van der Waals surface area contributed by atoms with Crippen molar-refractivity contribution in [2.75, 3.05) is 6.54 Å². The summed E-state index contributed by atoms with van der Waals surface area (Å²) in [6.45, 7) is 5.01. The average molecular weight is 443 g/mol. The molecule has 1 atom stereocenters. The molecule has 0 radical (unpaired) electrons. The molecule has 0 aliphatic heterocycles. The Labute approximate surface area is 197 Å². The molecule has 4 heteroatoms. The highest BCUT2D eigenvalue weighted by atomic mass is 16.2. The lowest BCUT2D eigenvalue weighted by molar-refractivity contribution is -0.141. The van der Waals surface area contributed by atoms with Crippen molar-refractivity contribution in [3.8, 4) is 0 Å². The lowest BCUT2D eigenvalue weighted by Crippen LogP contribution is -2.49. The van der Waals surface area contributed by atoms with Crippen molar-refractivity contribution in [1.29, 1.82) is 0 Å². The molecule has 3 rings (SSSR count). The Morgan fingerprint density at radius 3 is 1.79 bits per heavy atom. The summed E-state index contributed by atoms with van der Waals surface area (Å²) in [5.74, 6) is -0.177. The van der Waals surface area contributed by atoms with Crippen molar-refractivity contribution in [2.45, 2.75) is 51.6 Å². The zero-order valence-corrected chi connectivity index (χ0v) is 19.6. The minimum absolute atomic E-state index is 0.0185. The summed E-state index contributed by atoms with van der Waals surface area (Å²) < 4.78 is 0. The van der Waals surface area contributed by atoms with Gasteiger partial charge in [0.2, 0.25) is 11.8 Å². The van der Waals surface area contributed by atoms with Crippen LogP contribution in [0.2, 0.25) is 0 Å². The number of rotatable bonds is 11. The highest BCUT2D eigenvalue weighted by Gasteiger charge is 2.30. The number of carbonyl (C=O) groups is 2. The normalized spacial score (nSPS) is 11.7. The van der Waals surface area contributed by atoms with E-state index in [-0.39, 0.29) is 17.7 Å². The fraction of sp³-hybridized carbons (Fsp3) is 0.310. The van der Waals surface area contributed by atoms with Gasteiger partial charge in [0.25, 0.3) is 0 Å². The van der Waals surface area contributed by atoms with Crippen molar-refractivity contribution in [1.82, 2.24) is 10.2 Å². The molecule has 0 fully saturated rings. The maximum atomic E-state index is 13.8. The van der Waals surface area contributed by atoms with Crippen LogP contribution in [-0.2, 0) is 16.1 Å². The summed E-state index contributed by atoms with van der Waals surface area (Å²) in [4.78, 5) is 28.6. The van der Waals surface area contributed by atoms with Crippen LogP contribution in [0.3, 0.4) is 0 Å². The quantitative estimate of drug-likeness (QED) is 0.424. The topological polar surface area (TPSA) is 49.4 Å². The van der Waals surface area contributed by atoms with E-state index in [4.69, 9.17) is 0 Å². The van der Waals surface area contributed by atoms with E-state index in [0.717, 1.165) is 23.1 Å². The first-order valence-corrected chi connectivity index (χ1v) is 11.8. The van der Waals surface area contributed by atoms with E-state index >= 15 is 0 Å². The molecule has 0 aliphatic rings. The summed E-state index contributed by atoms with van der Waals surface area (Å²) in [5, 5.41) is 2.99. The molecule has 0 heterocycles. The maximum absolute atomic E-state index is 13.8. The van der Waals surface area contributed by atoms with Crippen molar-refractivity contribution in [2.24, 2.45) is 0 Å². The Morgan fingerprint density at radius 2 is 1.30 bits per heavy atom. The summed E-state index contributed by atoms with van der Waals surface area (Å²) in [5.41, 5.74) is 3.21. The molecule has 3 aromatic carbocycles. The average Bonchev–Trinajstić information content (AvgIpc) is 2.87. The van der Waals surface area contributed by atoms with Gasteiger partial charge < -0.3 is 10.2 Å². The zero-order valence-electron chi connectivity index (χ0n) is 19.6. The molecule has 4 nitrogen and oxygen atoms in total. The molecule has 0 saturated carbocycles. The van der Waals surface area contributed by atoms with Crippen LogP contribution in [0.25, 0.3) is 0 Å². The van der Waals surface area contributed by atoms with Gasteiger partial charge in [-0.05, 0) is 29.5 Å². The lowest BCUT2D eigenvalue weighted by Gasteiger charge is -2.32. The van der Waals surface area contributed by atoms with E-state index in [9.17, 15) is 9.59 Å². The minimum atomic E-state index is -0.503. The van der Waals surface area contributed by atoms with E-state index in [1.54, 1.807) is 4.90 Å². The number of amides is 2. The minimum Gasteiger partial charge on any atom is -0.354 e. The second-order valence-electron chi connectivity index (χ2n) is 8.30. The van der Waals surface area contributed by atoms with Crippen LogP contribution in [-0.4, -0.2) is 29.3 Å². The van der Waals surface area contributed by atoms with Gasteiger partial charge in [-0.25, -0.2) is 0 Å². The first-order valence-electron chi connectivity index (χ1n) is 11.8. The van der Waals surface area contributed by atoms with Crippen molar-refractivity contribution in [3.05, 3.63) is 108 Å². The molecule has 33 heavy (non-hydrogen) atoms. The predicted octanol–water partition coefficient (Wildman–Crippen LogP) is 5.54. The highest BCUT2D eigenvalue weighted by Crippen LogP contribution is 2.29. The van der Waals surface area contributed by atoms with Gasteiger partial charge in [0.1, 0.15) is 6.04 Å². The SMILES string of the molecule is CCCNC(=O)[C@@H](CC)N(Cc1ccccc1)C(=O)CC(c1ccccc1)c1ccccc1. The number of hydrogen-bond donors (Lipinski definition) is 1. The third kappa shape index (κ3) is 6.79. The van der Waals surface area contributed by atoms with Gasteiger partial charge in [0.15, 0.2) is 0 Å². The van der Waals surface area contributed by atoms with E-state index in [1.807, 2.05) is 80.6 Å². The van der Waals surface area contributed by atoms with Crippen molar-refractivity contribution >= 4 is 11.8 Å². The first kappa shape index (κ1) is 24.2. The zero-order chi connectivity index (χ0) is 23.5. The number of hydrogen-bond acceptors (Lipinski definition) is 2. The molecular formula is C29H34N2O2. The van der Waals surface area contributed by atoms with Gasteiger partial charge >= 0.3 is 0 Å². The Bertz CT molecular complexity index is 950. The smallest absolute Gasteiger partial charge is 0.242 e. The highest BCUT2D eigenvalue weighted by molar-refractivity contribution is 5.88. The van der Waals surface area contributed by atoms with Crippen LogP contribution in [0.4, 0.5) is 0 Å². The maximum Gasteiger partial charge on any atom is 0.242 e. The first-order chi connectivity index (χ1) is 16.1. The molecular weight excluding hydrogens is 408 g/mol. The molecule has 0 unspecified atom stereocenters. The van der Waals surface area contributed by atoms with E-state index in [1.165, 1.54) is 0 Å². The van der Waals surface area contributed by atoms with Crippen molar-refractivity contribution < 1.29 is 9.59 Å². The Balaban J connectivity index is 1.92. The number of nitrogens with zero attached hydrogens (tertiary/aromatic N) is 1. The van der Waals surface area contributed by atoms with Gasteiger partial charge in [-0.1, -0.05) is 105 Å². The Morgan fingerprint density at radius 1 is 0.788 bits per heavy atom. The summed E-state index contributed by atoms with van der Waals surface area (Å²) in [7, 11) is 0. The second kappa shape index (κ2) is 12.6. The van der Waals surface area contributed by atoms with E-state index in [0.29, 0.717) is 25.9 Å². The number of carbonyl (C=O) groups excluding carboxylic acids is 2. The van der Waals surface area contributed by atoms with Crippen LogP contribution >= 0.6 is 0 Å². The Hall–Kier alpha value is -3.40. The lowest BCUT2D eigenvalue weighted by atomic mass is 9.88. The molecule has 3 aromatic rings. The van der Waals surface area contributed by atoms with Crippen LogP contribution in [0.1, 0.15) is 55.7 Å². The van der Waals surface area contributed by atoms with Gasteiger partial charge in [0, 0.05) is 25.4 Å². The fourth-order valence-electron chi connectivity index (χ4n) is 4.16. The van der Waals surface area contributed by atoms with Gasteiger partial charge in [-0.15, -0.1) is 0 Å². The van der Waals surface area contributed by atoms with Gasteiger partial charge in [-0.2, -0.15) is 0 Å². The molecule has 2 amide bonds. The second-order valence-corrected chi connectivity index (χ2v) is 8.30. The molecule has 172 valence electrons. The molecule has 0 spiro atoms. The van der Waals surface area contributed by atoms with Gasteiger partial charge in [-0.3, -0.25) is 9.59 Å². The number of nitrogens with one attached hydrogen (secondary N) is 1. The monoisotopic (exact) mass is 442 g/mol. The molecule has 0 aliphatic carbocycles. The number of benzene rings is 3. The fourth-order valence-corrected chi connectivity index (χ4v) is 4.16. The summed E-state index contributed by atoms with van der Waals surface area (Å²) >= 11 is 0. The van der Waals surface area contributed by atoms with Gasteiger partial charge in [0.05, 0.1) is 0 Å². The summed E-state index contributed by atoms with van der Waals surface area (Å²) in [6, 6.07) is 29.7. The standard InChI is InChI=1S/C29H34N2O2/c1-3-20-30-29(33)27(4-2)31(22-23-14-8-5-9-15-23)28(32)21-26(24-16-10-6-11-17-24)25-18-12-7-13-19-25/h5-19,26-27H,3-4,20-22H2,1-2H3,(H,30,33)/t27-/m1/s1. The van der Waals surface area contributed by atoms with E-state index in [2.05, 4.69) is 29.6 Å². The van der Waals surface area contributed by atoms with Crippen LogP contribution in [0.15, 0.2) is 91.0 Å². The largest absolute Gasteiger partial charge is 0.354 e. The summed E-state index contributed by atoms with van der Waals surface area (Å²) in [6.07, 6.45) is 1.73. The van der Waals surface area contributed by atoms with Crippen LogP contribution < -0.4 is 5.32 Å². The molecule has 1 N–H and O–H groups in total. The Kier molecular flexibility index (Phi) is 9.25. The van der Waals surface area contributed by atoms with Crippen LogP contribution in [0, 0.1) is 0 Å². The third-order valence-corrected chi connectivity index (χ3v) is 5.91. The third-order valence-electron chi connectivity index (χ3n) is 5.91. The van der Waals surface area contributed by atoms with Crippen molar-refractivity contribution in [3.63, 3.8) is 0 Å². The predicted molar refractivity (Wildman–Crippen MR) is 134 cm³/mol. The van der Waals surface area contributed by atoms with E-state index < -0.39 is 6.04 Å².